The number of nitrogens with zero attached hydrogens (tertiary/aromatic N) is 1. The maximum absolute atomic E-state index is 13.2. The van der Waals surface area contributed by atoms with Crippen LogP contribution >= 0.6 is 0 Å². The van der Waals surface area contributed by atoms with Crippen LogP contribution < -0.4 is 10.1 Å². The molecular formula is C21H30N2O3. The van der Waals surface area contributed by atoms with Gasteiger partial charge in [-0.1, -0.05) is 19.1 Å². The Kier molecular flexibility index (Phi) is 5.54. The van der Waals surface area contributed by atoms with Crippen molar-refractivity contribution in [1.82, 2.24) is 4.90 Å². The van der Waals surface area contributed by atoms with Crippen LogP contribution in [0.2, 0.25) is 0 Å². The van der Waals surface area contributed by atoms with Crippen molar-refractivity contribution in [2.75, 3.05) is 11.9 Å². The van der Waals surface area contributed by atoms with Gasteiger partial charge in [0, 0.05) is 12.6 Å². The van der Waals surface area contributed by atoms with Crippen molar-refractivity contribution in [1.29, 1.82) is 0 Å². The van der Waals surface area contributed by atoms with Crippen LogP contribution in [0.3, 0.4) is 0 Å². The molecule has 1 saturated carbocycles. The van der Waals surface area contributed by atoms with Gasteiger partial charge in [-0.25, -0.2) is 0 Å². The fourth-order valence-corrected chi connectivity index (χ4v) is 3.80. The molecule has 1 aliphatic heterocycles. The van der Waals surface area contributed by atoms with Gasteiger partial charge in [0.15, 0.2) is 0 Å². The van der Waals surface area contributed by atoms with Crippen molar-refractivity contribution in [2.45, 2.75) is 71.4 Å². The lowest BCUT2D eigenvalue weighted by molar-refractivity contribution is -0.145. The van der Waals surface area contributed by atoms with Gasteiger partial charge < -0.3 is 15.0 Å². The van der Waals surface area contributed by atoms with Crippen molar-refractivity contribution in [3.8, 4) is 5.75 Å². The number of hydrogen-bond acceptors (Lipinski definition) is 3. The molecule has 1 unspecified atom stereocenters. The van der Waals surface area contributed by atoms with Crippen molar-refractivity contribution >= 4 is 17.5 Å². The lowest BCUT2D eigenvalue weighted by atomic mass is 9.95. The number of anilines is 1. The number of carbonyl (C=O) groups excluding carboxylic acids is 2. The second kappa shape index (κ2) is 7.68. The fourth-order valence-electron chi connectivity index (χ4n) is 3.80. The number of likely N-dealkylation sites (tertiary alicyclic amines) is 1. The number of amides is 2. The third-order valence-electron chi connectivity index (χ3n) is 5.45. The summed E-state index contributed by atoms with van der Waals surface area (Å²) in [4.78, 5) is 28.1. The molecule has 0 bridgehead atoms. The number of benzene rings is 1. The highest BCUT2D eigenvalue weighted by molar-refractivity contribution is 6.13. The number of ether oxygens (including phenoxy) is 1. The van der Waals surface area contributed by atoms with Crippen LogP contribution in [-0.4, -0.2) is 35.4 Å². The predicted octanol–water partition coefficient (Wildman–Crippen LogP) is 3.98. The molecule has 5 nitrogen and oxygen atoms in total. The summed E-state index contributed by atoms with van der Waals surface area (Å²) < 4.78 is 5.78. The van der Waals surface area contributed by atoms with E-state index in [1.165, 1.54) is 6.42 Å². The summed E-state index contributed by atoms with van der Waals surface area (Å²) in [5, 5.41) is 2.96. The monoisotopic (exact) mass is 358 g/mol. The van der Waals surface area contributed by atoms with E-state index in [9.17, 15) is 9.59 Å². The molecule has 0 radical (unpaired) electrons. The molecule has 1 aliphatic carbocycles. The molecule has 1 aromatic carbocycles. The van der Waals surface area contributed by atoms with E-state index in [1.807, 2.05) is 43.0 Å². The average molecular weight is 358 g/mol. The van der Waals surface area contributed by atoms with Gasteiger partial charge in [0.1, 0.15) is 11.2 Å². The minimum atomic E-state index is -0.879. The summed E-state index contributed by atoms with van der Waals surface area (Å²) in [5.41, 5.74) is -0.244. The van der Waals surface area contributed by atoms with Crippen LogP contribution in [0, 0.1) is 5.41 Å². The van der Waals surface area contributed by atoms with Crippen LogP contribution in [0.1, 0.15) is 59.3 Å². The molecule has 0 spiro atoms. The summed E-state index contributed by atoms with van der Waals surface area (Å²) in [6, 6.07) is 7.69. The van der Waals surface area contributed by atoms with E-state index in [4.69, 9.17) is 4.74 Å². The fraction of sp³-hybridized carbons (Fsp3) is 0.619. The summed E-state index contributed by atoms with van der Waals surface area (Å²) in [6.07, 6.45) is 5.49. The lowest BCUT2D eigenvalue weighted by Gasteiger charge is -2.37. The topological polar surface area (TPSA) is 58.6 Å². The molecule has 26 heavy (non-hydrogen) atoms. The van der Waals surface area contributed by atoms with Gasteiger partial charge in [-0.15, -0.1) is 0 Å². The first-order chi connectivity index (χ1) is 12.5. The van der Waals surface area contributed by atoms with Crippen LogP contribution in [0.4, 0.5) is 5.69 Å². The Bertz CT molecular complexity index is 667. The van der Waals surface area contributed by atoms with Gasteiger partial charge in [0.05, 0.1) is 11.8 Å². The number of hydrogen-bond donors (Lipinski definition) is 1. The molecule has 1 atom stereocenters. The maximum atomic E-state index is 13.2. The van der Waals surface area contributed by atoms with E-state index in [0.29, 0.717) is 24.3 Å². The van der Waals surface area contributed by atoms with Crippen LogP contribution in [0.25, 0.3) is 0 Å². The molecule has 142 valence electrons. The number of carbonyl (C=O) groups is 2. The third kappa shape index (κ3) is 3.71. The van der Waals surface area contributed by atoms with Crippen molar-refractivity contribution in [3.63, 3.8) is 0 Å². The summed E-state index contributed by atoms with van der Waals surface area (Å²) >= 11 is 0. The van der Waals surface area contributed by atoms with Gasteiger partial charge in [-0.3, -0.25) is 9.59 Å². The summed E-state index contributed by atoms with van der Waals surface area (Å²) in [5.74, 6) is 0.468. The molecule has 5 heteroatoms. The zero-order valence-electron chi connectivity index (χ0n) is 16.1. The predicted molar refractivity (Wildman–Crippen MR) is 102 cm³/mol. The lowest BCUT2D eigenvalue weighted by Crippen LogP contribution is -2.49. The highest BCUT2D eigenvalue weighted by Crippen LogP contribution is 2.49. The van der Waals surface area contributed by atoms with Gasteiger partial charge in [0.25, 0.3) is 0 Å². The van der Waals surface area contributed by atoms with E-state index in [0.717, 1.165) is 25.8 Å². The Hall–Kier alpha value is -2.04. The van der Waals surface area contributed by atoms with Crippen molar-refractivity contribution in [2.24, 2.45) is 5.41 Å². The summed E-state index contributed by atoms with van der Waals surface area (Å²) in [7, 11) is 0. The van der Waals surface area contributed by atoms with Crippen LogP contribution in [0.5, 0.6) is 5.75 Å². The Morgan fingerprint density at radius 3 is 2.65 bits per heavy atom. The third-order valence-corrected chi connectivity index (χ3v) is 5.45. The Balaban J connectivity index is 1.74. The number of piperidine rings is 1. The Morgan fingerprint density at radius 1 is 1.27 bits per heavy atom. The number of para-hydroxylation sites is 2. The highest BCUT2D eigenvalue weighted by Gasteiger charge is 2.58. The van der Waals surface area contributed by atoms with E-state index in [-0.39, 0.29) is 24.0 Å². The maximum Gasteiger partial charge on any atom is 0.240 e. The molecule has 2 fully saturated rings. The number of rotatable bonds is 6. The van der Waals surface area contributed by atoms with Crippen molar-refractivity contribution in [3.05, 3.63) is 24.3 Å². The largest absolute Gasteiger partial charge is 0.489 e. The van der Waals surface area contributed by atoms with E-state index in [1.54, 1.807) is 0 Å². The normalized spacial score (nSPS) is 21.4. The van der Waals surface area contributed by atoms with Crippen LogP contribution in [-0.2, 0) is 9.59 Å². The van der Waals surface area contributed by atoms with E-state index in [2.05, 4.69) is 12.2 Å². The van der Waals surface area contributed by atoms with Gasteiger partial charge >= 0.3 is 0 Å². The smallest absolute Gasteiger partial charge is 0.240 e. The first-order valence-corrected chi connectivity index (χ1v) is 9.86. The Morgan fingerprint density at radius 2 is 2.00 bits per heavy atom. The molecule has 0 aromatic heterocycles. The molecule has 1 aromatic rings. The average Bonchev–Trinajstić information content (AvgIpc) is 3.44. The van der Waals surface area contributed by atoms with Gasteiger partial charge in [0.2, 0.25) is 11.8 Å². The zero-order chi connectivity index (χ0) is 18.7. The molecule has 3 rings (SSSR count). The minimum Gasteiger partial charge on any atom is -0.489 e. The minimum absolute atomic E-state index is 0.0169. The van der Waals surface area contributed by atoms with E-state index >= 15 is 0 Å². The highest BCUT2D eigenvalue weighted by atomic mass is 16.5. The Labute approximate surface area is 156 Å². The van der Waals surface area contributed by atoms with Gasteiger partial charge in [-0.2, -0.15) is 0 Å². The summed E-state index contributed by atoms with van der Waals surface area (Å²) in [6.45, 7) is 6.80. The molecule has 2 amide bonds. The first kappa shape index (κ1) is 18.7. The first-order valence-electron chi connectivity index (χ1n) is 9.86. The second-order valence-corrected chi connectivity index (χ2v) is 7.76. The van der Waals surface area contributed by atoms with Crippen molar-refractivity contribution < 1.29 is 14.3 Å². The zero-order valence-corrected chi connectivity index (χ0v) is 16.1. The molecular weight excluding hydrogens is 328 g/mol. The SMILES string of the molecule is CCC1CCCCN1C(=O)C1(C(=O)Nc2ccccc2OC(C)C)CC1. The quantitative estimate of drug-likeness (QED) is 0.783. The molecule has 2 aliphatic rings. The van der Waals surface area contributed by atoms with E-state index < -0.39 is 5.41 Å². The number of nitrogens with one attached hydrogen (secondary N) is 1. The second-order valence-electron chi connectivity index (χ2n) is 7.76. The van der Waals surface area contributed by atoms with Crippen LogP contribution in [0.15, 0.2) is 24.3 Å². The standard InChI is InChI=1S/C21H30N2O3/c1-4-16-9-7-8-14-23(16)20(25)21(12-13-21)19(24)22-17-10-5-6-11-18(17)26-15(2)3/h5-6,10-11,15-16H,4,7-9,12-14H2,1-3H3,(H,22,24). The molecule has 1 heterocycles. The molecule has 1 saturated heterocycles. The molecule has 1 N–H and O–H groups in total. The van der Waals surface area contributed by atoms with Gasteiger partial charge in [-0.05, 0) is 64.5 Å².